The fraction of sp³-hybridized carbons (Fsp3) is 0.333. The molecule has 5 heteroatoms. The summed E-state index contributed by atoms with van der Waals surface area (Å²) >= 11 is 0. The molecule has 0 aromatic heterocycles. The quantitative estimate of drug-likeness (QED) is 0.682. The minimum atomic E-state index is -1.85. The second kappa shape index (κ2) is 4.44. The zero-order chi connectivity index (χ0) is 10.7. The molecule has 2 N–H and O–H groups in total. The number of halogens is 1. The van der Waals surface area contributed by atoms with Gasteiger partial charge in [-0.1, -0.05) is 0 Å². The van der Waals surface area contributed by atoms with Crippen LogP contribution in [-0.4, -0.2) is 23.8 Å². The van der Waals surface area contributed by atoms with Gasteiger partial charge in [0, 0.05) is 0 Å². The highest BCUT2D eigenvalue weighted by atomic mass is 19.1. The Labute approximate surface area is 82.3 Å². The van der Waals surface area contributed by atoms with Crippen molar-refractivity contribution in [3.8, 4) is 5.75 Å². The molecule has 0 heterocycles. The zero-order valence-corrected chi connectivity index (χ0v) is 8.12. The van der Waals surface area contributed by atoms with Gasteiger partial charge < -0.3 is 14.8 Å². The van der Waals surface area contributed by atoms with Gasteiger partial charge in [-0.15, -0.1) is 0 Å². The van der Waals surface area contributed by atoms with E-state index in [4.69, 9.17) is 14.8 Å². The lowest BCUT2D eigenvalue weighted by atomic mass is 9.78. The van der Waals surface area contributed by atoms with Crippen molar-refractivity contribution in [3.05, 3.63) is 23.5 Å². The SMILES string of the molecule is CCOc1cc(C)cc(F)c1B(O)O. The number of ether oxygens (including phenoxy) is 1. The maximum absolute atomic E-state index is 13.3. The molecule has 1 rings (SSSR count). The fourth-order valence-corrected chi connectivity index (χ4v) is 1.25. The Morgan fingerprint density at radius 3 is 2.57 bits per heavy atom. The molecule has 76 valence electrons. The largest absolute Gasteiger partial charge is 0.495 e. The van der Waals surface area contributed by atoms with Gasteiger partial charge in [-0.25, -0.2) is 4.39 Å². The molecule has 0 unspecified atom stereocenters. The Morgan fingerprint density at radius 1 is 1.43 bits per heavy atom. The van der Waals surface area contributed by atoms with Crippen LogP contribution in [-0.2, 0) is 0 Å². The van der Waals surface area contributed by atoms with Crippen molar-refractivity contribution in [2.45, 2.75) is 13.8 Å². The Kier molecular flexibility index (Phi) is 3.49. The summed E-state index contributed by atoms with van der Waals surface area (Å²) in [5, 5.41) is 17.9. The summed E-state index contributed by atoms with van der Waals surface area (Å²) < 4.78 is 18.4. The average molecular weight is 198 g/mol. The van der Waals surface area contributed by atoms with E-state index in [1.807, 2.05) is 0 Å². The van der Waals surface area contributed by atoms with Gasteiger partial charge >= 0.3 is 7.12 Å². The molecule has 0 saturated heterocycles. The van der Waals surface area contributed by atoms with E-state index >= 15 is 0 Å². The van der Waals surface area contributed by atoms with Crippen molar-refractivity contribution in [2.24, 2.45) is 0 Å². The van der Waals surface area contributed by atoms with Crippen LogP contribution >= 0.6 is 0 Å². The second-order valence-electron chi connectivity index (χ2n) is 2.97. The summed E-state index contributed by atoms with van der Waals surface area (Å²) in [4.78, 5) is 0. The number of rotatable bonds is 3. The van der Waals surface area contributed by atoms with Gasteiger partial charge in [0.1, 0.15) is 11.6 Å². The minimum absolute atomic E-state index is 0.181. The van der Waals surface area contributed by atoms with E-state index in [0.29, 0.717) is 12.2 Å². The van der Waals surface area contributed by atoms with E-state index in [9.17, 15) is 4.39 Å². The fourth-order valence-electron chi connectivity index (χ4n) is 1.25. The van der Waals surface area contributed by atoms with E-state index in [1.54, 1.807) is 19.9 Å². The molecule has 0 bridgehead atoms. The van der Waals surface area contributed by atoms with Gasteiger partial charge in [0.15, 0.2) is 0 Å². The Bertz CT molecular complexity index is 328. The first-order chi connectivity index (χ1) is 6.56. The molecule has 1 aromatic rings. The second-order valence-corrected chi connectivity index (χ2v) is 2.97. The lowest BCUT2D eigenvalue weighted by Gasteiger charge is -2.11. The third-order valence-electron chi connectivity index (χ3n) is 1.79. The predicted molar refractivity (Wildman–Crippen MR) is 52.1 cm³/mol. The molecule has 0 fully saturated rings. The zero-order valence-electron chi connectivity index (χ0n) is 8.12. The highest BCUT2D eigenvalue weighted by molar-refractivity contribution is 6.59. The summed E-state index contributed by atoms with van der Waals surface area (Å²) in [7, 11) is -1.85. The Balaban J connectivity index is 3.21. The van der Waals surface area contributed by atoms with Crippen LogP contribution in [0.2, 0.25) is 0 Å². The van der Waals surface area contributed by atoms with E-state index < -0.39 is 12.9 Å². The third-order valence-corrected chi connectivity index (χ3v) is 1.79. The van der Waals surface area contributed by atoms with Crippen LogP contribution in [0.1, 0.15) is 12.5 Å². The minimum Gasteiger partial charge on any atom is -0.494 e. The van der Waals surface area contributed by atoms with Crippen LogP contribution < -0.4 is 10.2 Å². The van der Waals surface area contributed by atoms with E-state index in [2.05, 4.69) is 0 Å². The predicted octanol–water partition coefficient (Wildman–Crippen LogP) is 0.213. The van der Waals surface area contributed by atoms with Crippen molar-refractivity contribution < 1.29 is 19.2 Å². The smallest absolute Gasteiger partial charge is 0.494 e. The normalized spacial score (nSPS) is 10.1. The maximum atomic E-state index is 13.3. The molecule has 1 aromatic carbocycles. The van der Waals surface area contributed by atoms with E-state index in [1.165, 1.54) is 6.07 Å². The Morgan fingerprint density at radius 2 is 2.07 bits per heavy atom. The summed E-state index contributed by atoms with van der Waals surface area (Å²) in [5.74, 6) is -0.483. The lowest BCUT2D eigenvalue weighted by molar-refractivity contribution is 0.337. The maximum Gasteiger partial charge on any atom is 0.495 e. The average Bonchev–Trinajstić information content (AvgIpc) is 2.01. The van der Waals surface area contributed by atoms with Gasteiger partial charge in [0.2, 0.25) is 0 Å². The number of aryl methyl sites for hydroxylation is 1. The highest BCUT2D eigenvalue weighted by Gasteiger charge is 2.22. The molecule has 14 heavy (non-hydrogen) atoms. The molecule has 0 saturated carbocycles. The van der Waals surface area contributed by atoms with Crippen molar-refractivity contribution in [2.75, 3.05) is 6.61 Å². The van der Waals surface area contributed by atoms with Gasteiger partial charge in [-0.2, -0.15) is 0 Å². The van der Waals surface area contributed by atoms with Crippen LogP contribution in [0.4, 0.5) is 4.39 Å². The lowest BCUT2D eigenvalue weighted by Crippen LogP contribution is -2.34. The van der Waals surface area contributed by atoms with E-state index in [-0.39, 0.29) is 11.2 Å². The summed E-state index contributed by atoms with van der Waals surface area (Å²) in [6, 6.07) is 2.80. The number of hydrogen-bond donors (Lipinski definition) is 2. The molecule has 0 aliphatic carbocycles. The molecular formula is C9H12BFO3. The molecule has 0 aliphatic rings. The molecular weight excluding hydrogens is 186 g/mol. The van der Waals surface area contributed by atoms with Crippen molar-refractivity contribution in [3.63, 3.8) is 0 Å². The third kappa shape index (κ3) is 2.24. The van der Waals surface area contributed by atoms with Crippen LogP contribution in [0.15, 0.2) is 12.1 Å². The molecule has 0 spiro atoms. The molecule has 0 radical (unpaired) electrons. The molecule has 3 nitrogen and oxygen atoms in total. The Hall–Kier alpha value is -1.07. The molecule has 0 amide bonds. The molecule has 0 atom stereocenters. The van der Waals surface area contributed by atoms with Crippen LogP contribution in [0, 0.1) is 12.7 Å². The number of hydrogen-bond acceptors (Lipinski definition) is 3. The van der Waals surface area contributed by atoms with Crippen LogP contribution in [0.25, 0.3) is 0 Å². The first kappa shape index (κ1) is 11.0. The standard InChI is InChI=1S/C9H12BFO3/c1-3-14-8-5-6(2)4-7(11)9(8)10(12)13/h4-5,12-13H,3H2,1-2H3. The first-order valence-corrected chi connectivity index (χ1v) is 4.35. The van der Waals surface area contributed by atoms with Gasteiger partial charge in [0.05, 0.1) is 12.1 Å². The monoisotopic (exact) mass is 198 g/mol. The van der Waals surface area contributed by atoms with Crippen molar-refractivity contribution in [1.29, 1.82) is 0 Å². The van der Waals surface area contributed by atoms with E-state index in [0.717, 1.165) is 0 Å². The van der Waals surface area contributed by atoms with Gasteiger partial charge in [0.25, 0.3) is 0 Å². The van der Waals surface area contributed by atoms with Crippen molar-refractivity contribution >= 4 is 12.6 Å². The summed E-state index contributed by atoms with van der Waals surface area (Å²) in [6.07, 6.45) is 0. The van der Waals surface area contributed by atoms with Gasteiger partial charge in [-0.05, 0) is 31.5 Å². The summed E-state index contributed by atoms with van der Waals surface area (Å²) in [5.41, 5.74) is 0.466. The van der Waals surface area contributed by atoms with Gasteiger partial charge in [-0.3, -0.25) is 0 Å². The summed E-state index contributed by atoms with van der Waals surface area (Å²) in [6.45, 7) is 3.80. The van der Waals surface area contributed by atoms with Crippen molar-refractivity contribution in [1.82, 2.24) is 0 Å². The number of benzene rings is 1. The molecule has 0 aliphatic heterocycles. The van der Waals surface area contributed by atoms with Crippen LogP contribution in [0.3, 0.4) is 0 Å². The topological polar surface area (TPSA) is 49.7 Å². The highest BCUT2D eigenvalue weighted by Crippen LogP contribution is 2.14. The first-order valence-electron chi connectivity index (χ1n) is 4.35. The van der Waals surface area contributed by atoms with Crippen LogP contribution in [0.5, 0.6) is 5.75 Å².